The zero-order chi connectivity index (χ0) is 17.9. The number of ether oxygens (including phenoxy) is 2. The Morgan fingerprint density at radius 2 is 1.92 bits per heavy atom. The van der Waals surface area contributed by atoms with Gasteiger partial charge in [-0.05, 0) is 36.8 Å². The summed E-state index contributed by atoms with van der Waals surface area (Å²) in [7, 11) is 1.72. The van der Waals surface area contributed by atoms with Crippen molar-refractivity contribution in [1.29, 1.82) is 0 Å². The van der Waals surface area contributed by atoms with Crippen LogP contribution in [-0.4, -0.2) is 37.7 Å². The van der Waals surface area contributed by atoms with Gasteiger partial charge in [0.05, 0.1) is 6.61 Å². The fraction of sp³-hybridized carbons (Fsp3) is 0.333. The molecule has 0 fully saturated rings. The van der Waals surface area contributed by atoms with E-state index in [9.17, 15) is 4.39 Å². The van der Waals surface area contributed by atoms with Gasteiger partial charge in [-0.15, -0.1) is 24.0 Å². The van der Waals surface area contributed by atoms with Crippen LogP contribution in [0.15, 0.2) is 47.6 Å². The molecule has 0 radical (unpaired) electrons. The van der Waals surface area contributed by atoms with Crippen LogP contribution in [0.5, 0.6) is 11.6 Å². The standard InChI is InChI=1S/C18H23FN4O2.HI/c1-3-24-11-10-21-18(20-2)23-13-14-4-9-17(22-12-14)25-16-7-5-15(19)6-8-16;/h4-9,12H,3,10-11,13H2,1-2H3,(H2,20,21,23);1H. The van der Waals surface area contributed by atoms with E-state index in [1.165, 1.54) is 12.1 Å². The molecule has 1 heterocycles. The second-order valence-electron chi connectivity index (χ2n) is 5.11. The molecule has 0 atom stereocenters. The highest BCUT2D eigenvalue weighted by Crippen LogP contribution is 2.19. The molecule has 1 aromatic heterocycles. The van der Waals surface area contributed by atoms with Gasteiger partial charge in [0.25, 0.3) is 0 Å². The van der Waals surface area contributed by atoms with Crippen molar-refractivity contribution in [3.05, 3.63) is 54.0 Å². The monoisotopic (exact) mass is 474 g/mol. The van der Waals surface area contributed by atoms with Gasteiger partial charge in [-0.2, -0.15) is 0 Å². The van der Waals surface area contributed by atoms with E-state index in [0.717, 1.165) is 5.56 Å². The summed E-state index contributed by atoms with van der Waals surface area (Å²) in [6, 6.07) is 9.49. The summed E-state index contributed by atoms with van der Waals surface area (Å²) >= 11 is 0. The van der Waals surface area contributed by atoms with Crippen molar-refractivity contribution >= 4 is 29.9 Å². The minimum absolute atomic E-state index is 0. The number of guanidine groups is 1. The fourth-order valence-corrected chi connectivity index (χ4v) is 1.99. The van der Waals surface area contributed by atoms with Gasteiger partial charge in [0.1, 0.15) is 11.6 Å². The van der Waals surface area contributed by atoms with E-state index in [1.807, 2.05) is 13.0 Å². The molecule has 0 bridgehead atoms. The van der Waals surface area contributed by atoms with Crippen molar-refractivity contribution < 1.29 is 13.9 Å². The van der Waals surface area contributed by atoms with E-state index in [0.29, 0.717) is 43.9 Å². The Morgan fingerprint density at radius 1 is 1.15 bits per heavy atom. The molecule has 142 valence electrons. The van der Waals surface area contributed by atoms with Crippen molar-refractivity contribution in [2.75, 3.05) is 26.8 Å². The fourth-order valence-electron chi connectivity index (χ4n) is 1.99. The van der Waals surface area contributed by atoms with Crippen LogP contribution in [0.25, 0.3) is 0 Å². The molecule has 8 heteroatoms. The molecule has 2 rings (SSSR count). The molecule has 0 aliphatic heterocycles. The Morgan fingerprint density at radius 3 is 2.54 bits per heavy atom. The average molecular weight is 474 g/mol. The molecule has 0 amide bonds. The summed E-state index contributed by atoms with van der Waals surface area (Å²) in [4.78, 5) is 8.39. The smallest absolute Gasteiger partial charge is 0.219 e. The maximum atomic E-state index is 12.9. The summed E-state index contributed by atoms with van der Waals surface area (Å²) in [6.45, 7) is 4.57. The van der Waals surface area contributed by atoms with E-state index < -0.39 is 0 Å². The van der Waals surface area contributed by atoms with Gasteiger partial charge in [0.2, 0.25) is 5.88 Å². The maximum absolute atomic E-state index is 12.9. The van der Waals surface area contributed by atoms with Gasteiger partial charge in [0, 0.05) is 39.0 Å². The number of aliphatic imine (C=N–C) groups is 1. The Balaban J connectivity index is 0.00000338. The molecule has 0 aliphatic carbocycles. The highest BCUT2D eigenvalue weighted by molar-refractivity contribution is 14.0. The lowest BCUT2D eigenvalue weighted by Gasteiger charge is -2.12. The van der Waals surface area contributed by atoms with Crippen LogP contribution in [0, 0.1) is 5.82 Å². The molecule has 0 aliphatic rings. The first-order valence-electron chi connectivity index (χ1n) is 8.12. The van der Waals surface area contributed by atoms with Crippen molar-refractivity contribution in [2.24, 2.45) is 4.99 Å². The molecule has 1 aromatic carbocycles. The van der Waals surface area contributed by atoms with E-state index in [1.54, 1.807) is 31.4 Å². The number of benzene rings is 1. The quantitative estimate of drug-likeness (QED) is 0.266. The van der Waals surface area contributed by atoms with Gasteiger partial charge in [-0.3, -0.25) is 4.99 Å². The summed E-state index contributed by atoms with van der Waals surface area (Å²) in [6.07, 6.45) is 1.72. The first kappa shape index (κ1) is 22.1. The second kappa shape index (κ2) is 12.4. The van der Waals surface area contributed by atoms with Crippen LogP contribution in [-0.2, 0) is 11.3 Å². The van der Waals surface area contributed by atoms with Crippen molar-refractivity contribution in [1.82, 2.24) is 15.6 Å². The van der Waals surface area contributed by atoms with Crippen molar-refractivity contribution in [3.8, 4) is 11.6 Å². The number of nitrogens with zero attached hydrogens (tertiary/aromatic N) is 2. The number of hydrogen-bond donors (Lipinski definition) is 2. The predicted octanol–water partition coefficient (Wildman–Crippen LogP) is 3.33. The number of halogens is 2. The van der Waals surface area contributed by atoms with Gasteiger partial charge >= 0.3 is 0 Å². The molecule has 6 nitrogen and oxygen atoms in total. The third-order valence-corrected chi connectivity index (χ3v) is 3.26. The summed E-state index contributed by atoms with van der Waals surface area (Å²) < 4.78 is 23.7. The summed E-state index contributed by atoms with van der Waals surface area (Å²) in [5.41, 5.74) is 0.985. The van der Waals surface area contributed by atoms with Gasteiger partial charge in [-0.25, -0.2) is 9.37 Å². The average Bonchev–Trinajstić information content (AvgIpc) is 2.64. The van der Waals surface area contributed by atoms with Gasteiger partial charge in [0.15, 0.2) is 5.96 Å². The molecule has 0 spiro atoms. The second-order valence-corrected chi connectivity index (χ2v) is 5.11. The minimum Gasteiger partial charge on any atom is -0.439 e. The number of aromatic nitrogens is 1. The lowest BCUT2D eigenvalue weighted by atomic mass is 10.3. The van der Waals surface area contributed by atoms with Crippen LogP contribution in [0.2, 0.25) is 0 Å². The molecular weight excluding hydrogens is 450 g/mol. The van der Waals surface area contributed by atoms with Crippen molar-refractivity contribution in [3.63, 3.8) is 0 Å². The van der Waals surface area contributed by atoms with Gasteiger partial charge < -0.3 is 20.1 Å². The largest absolute Gasteiger partial charge is 0.439 e. The van der Waals surface area contributed by atoms with Crippen LogP contribution in [0.3, 0.4) is 0 Å². The first-order chi connectivity index (χ1) is 12.2. The Hall–Kier alpha value is -1.94. The summed E-state index contributed by atoms with van der Waals surface area (Å²) in [5, 5.41) is 6.36. The Labute approximate surface area is 170 Å². The van der Waals surface area contributed by atoms with E-state index in [4.69, 9.17) is 9.47 Å². The molecule has 0 saturated carbocycles. The molecule has 0 unspecified atom stereocenters. The van der Waals surface area contributed by atoms with Crippen LogP contribution in [0.4, 0.5) is 4.39 Å². The van der Waals surface area contributed by atoms with E-state index >= 15 is 0 Å². The van der Waals surface area contributed by atoms with Crippen LogP contribution < -0.4 is 15.4 Å². The normalized spacial score (nSPS) is 10.8. The molecule has 0 saturated heterocycles. The van der Waals surface area contributed by atoms with E-state index in [-0.39, 0.29) is 29.8 Å². The number of pyridine rings is 1. The Bertz CT molecular complexity index is 666. The molecule has 26 heavy (non-hydrogen) atoms. The number of hydrogen-bond acceptors (Lipinski definition) is 4. The molecular formula is C18H24FIN4O2. The summed E-state index contributed by atoms with van der Waals surface area (Å²) in [5.74, 6) is 1.39. The third-order valence-electron chi connectivity index (χ3n) is 3.26. The number of rotatable bonds is 8. The van der Waals surface area contributed by atoms with Gasteiger partial charge in [-0.1, -0.05) is 6.07 Å². The minimum atomic E-state index is -0.301. The van der Waals surface area contributed by atoms with Crippen LogP contribution >= 0.6 is 24.0 Å². The SMILES string of the molecule is CCOCCNC(=NC)NCc1ccc(Oc2ccc(F)cc2)nc1.I. The van der Waals surface area contributed by atoms with Crippen molar-refractivity contribution in [2.45, 2.75) is 13.5 Å². The predicted molar refractivity (Wildman–Crippen MR) is 111 cm³/mol. The Kier molecular flexibility index (Phi) is 10.6. The highest BCUT2D eigenvalue weighted by atomic mass is 127. The maximum Gasteiger partial charge on any atom is 0.219 e. The highest BCUT2D eigenvalue weighted by Gasteiger charge is 2.02. The first-order valence-corrected chi connectivity index (χ1v) is 8.12. The molecule has 2 N–H and O–H groups in total. The topological polar surface area (TPSA) is 67.8 Å². The van der Waals surface area contributed by atoms with E-state index in [2.05, 4.69) is 20.6 Å². The number of nitrogens with one attached hydrogen (secondary N) is 2. The lowest BCUT2D eigenvalue weighted by molar-refractivity contribution is 0.152. The lowest BCUT2D eigenvalue weighted by Crippen LogP contribution is -2.38. The third kappa shape index (κ3) is 7.96. The molecule has 2 aromatic rings. The van der Waals surface area contributed by atoms with Crippen LogP contribution in [0.1, 0.15) is 12.5 Å². The zero-order valence-corrected chi connectivity index (χ0v) is 17.2. The zero-order valence-electron chi connectivity index (χ0n) is 14.9.